The molecule has 0 bridgehead atoms. The molecule has 0 spiro atoms. The maximum atomic E-state index is 12.7. The highest BCUT2D eigenvalue weighted by Crippen LogP contribution is 2.28. The van der Waals surface area contributed by atoms with E-state index >= 15 is 0 Å². The second-order valence-electron chi connectivity index (χ2n) is 6.51. The average Bonchev–Trinajstić information content (AvgIpc) is 2.70. The Bertz CT molecular complexity index is 882. The van der Waals surface area contributed by atoms with Crippen molar-refractivity contribution in [1.82, 2.24) is 4.98 Å². The number of anilines is 2. The zero-order valence-electron chi connectivity index (χ0n) is 15.7. The third-order valence-electron chi connectivity index (χ3n) is 4.55. The molecule has 1 fully saturated rings. The number of nitrogens with two attached hydrogens (primary N) is 1. The summed E-state index contributed by atoms with van der Waals surface area (Å²) < 4.78 is 5.33. The first-order valence-corrected chi connectivity index (χ1v) is 9.67. The number of pyridine rings is 1. The summed E-state index contributed by atoms with van der Waals surface area (Å²) in [5.74, 6) is -0.620. The molecule has 2 heterocycles. The molecule has 1 aromatic carbocycles. The first-order valence-electron chi connectivity index (χ1n) is 9.29. The number of ether oxygens (including phenoxy) is 1. The fourth-order valence-corrected chi connectivity index (χ4v) is 3.41. The number of hydrogen-bond acceptors (Lipinski definition) is 5. The van der Waals surface area contributed by atoms with Crippen LogP contribution in [0.4, 0.5) is 11.4 Å². The zero-order chi connectivity index (χ0) is 20.1. The number of rotatable bonds is 6. The first-order chi connectivity index (χ1) is 13.5. The number of hydrogen-bond donors (Lipinski definition) is 2. The lowest BCUT2D eigenvalue weighted by molar-refractivity contribution is 0.0998. The molecule has 7 nitrogen and oxygen atoms in total. The monoisotopic (exact) mass is 402 g/mol. The molecule has 2 amide bonds. The van der Waals surface area contributed by atoms with E-state index in [9.17, 15) is 9.59 Å². The number of amides is 2. The van der Waals surface area contributed by atoms with E-state index in [0.29, 0.717) is 23.7 Å². The van der Waals surface area contributed by atoms with Crippen LogP contribution in [0.1, 0.15) is 47.0 Å². The summed E-state index contributed by atoms with van der Waals surface area (Å²) in [7, 11) is 0. The van der Waals surface area contributed by atoms with E-state index in [4.69, 9.17) is 22.1 Å². The lowest BCUT2D eigenvalue weighted by atomic mass is 10.1. The van der Waals surface area contributed by atoms with E-state index < -0.39 is 11.8 Å². The molecule has 1 saturated heterocycles. The lowest BCUT2D eigenvalue weighted by Gasteiger charge is -2.30. The Balaban J connectivity index is 1.87. The highest BCUT2D eigenvalue weighted by molar-refractivity contribution is 6.34. The van der Waals surface area contributed by atoms with Crippen LogP contribution < -0.4 is 20.7 Å². The van der Waals surface area contributed by atoms with E-state index in [1.165, 1.54) is 6.42 Å². The standard InChI is InChI=1S/C20H23ClN4O3/c1-2-28-17-9-8-15(21)18(24-17)20(27)23-13-6-7-14(19(22)26)16(12-13)25-10-4-3-5-11-25/h6-9,12H,2-5,10-11H2,1H3,(H2,22,26)(H,23,27). The summed E-state index contributed by atoms with van der Waals surface area (Å²) >= 11 is 6.13. The van der Waals surface area contributed by atoms with Crippen LogP contribution in [0.2, 0.25) is 5.02 Å². The van der Waals surface area contributed by atoms with Crippen molar-refractivity contribution in [3.05, 3.63) is 46.6 Å². The fourth-order valence-electron chi connectivity index (χ4n) is 3.22. The van der Waals surface area contributed by atoms with Crippen LogP contribution in [-0.2, 0) is 0 Å². The van der Waals surface area contributed by atoms with Gasteiger partial charge < -0.3 is 20.7 Å². The number of aromatic nitrogens is 1. The zero-order valence-corrected chi connectivity index (χ0v) is 16.5. The van der Waals surface area contributed by atoms with Crippen molar-refractivity contribution >= 4 is 34.8 Å². The van der Waals surface area contributed by atoms with Gasteiger partial charge in [-0.3, -0.25) is 9.59 Å². The number of primary amides is 1. The summed E-state index contributed by atoms with van der Waals surface area (Å²) in [5.41, 5.74) is 7.31. The number of carbonyl (C=O) groups excluding carboxylic acids is 2. The van der Waals surface area contributed by atoms with Gasteiger partial charge in [-0.1, -0.05) is 11.6 Å². The molecule has 0 radical (unpaired) electrons. The quantitative estimate of drug-likeness (QED) is 0.770. The van der Waals surface area contributed by atoms with Crippen LogP contribution in [0.15, 0.2) is 30.3 Å². The molecule has 0 atom stereocenters. The van der Waals surface area contributed by atoms with Crippen LogP contribution >= 0.6 is 11.6 Å². The number of nitrogens with zero attached hydrogens (tertiary/aromatic N) is 2. The summed E-state index contributed by atoms with van der Waals surface area (Å²) in [6.45, 7) is 3.96. The Morgan fingerprint density at radius 3 is 2.64 bits per heavy atom. The molecular formula is C20H23ClN4O3. The van der Waals surface area contributed by atoms with Crippen molar-refractivity contribution in [2.45, 2.75) is 26.2 Å². The highest BCUT2D eigenvalue weighted by atomic mass is 35.5. The van der Waals surface area contributed by atoms with Crippen LogP contribution in [0, 0.1) is 0 Å². The topological polar surface area (TPSA) is 97.5 Å². The van der Waals surface area contributed by atoms with E-state index in [1.54, 1.807) is 30.3 Å². The molecule has 3 N–H and O–H groups in total. The van der Waals surface area contributed by atoms with Gasteiger partial charge in [-0.25, -0.2) is 4.98 Å². The molecule has 1 aromatic heterocycles. The maximum Gasteiger partial charge on any atom is 0.275 e. The molecule has 0 saturated carbocycles. The van der Waals surface area contributed by atoms with E-state index in [-0.39, 0.29) is 10.7 Å². The van der Waals surface area contributed by atoms with Crippen molar-refractivity contribution in [1.29, 1.82) is 0 Å². The van der Waals surface area contributed by atoms with Crippen LogP contribution in [0.5, 0.6) is 5.88 Å². The third kappa shape index (κ3) is 4.54. The minimum Gasteiger partial charge on any atom is -0.478 e. The van der Waals surface area contributed by atoms with Crippen molar-refractivity contribution in [2.75, 3.05) is 29.9 Å². The predicted molar refractivity (Wildman–Crippen MR) is 109 cm³/mol. The largest absolute Gasteiger partial charge is 0.478 e. The summed E-state index contributed by atoms with van der Waals surface area (Å²) in [5, 5.41) is 3.02. The number of halogens is 1. The fraction of sp³-hybridized carbons (Fsp3) is 0.350. The Morgan fingerprint density at radius 1 is 1.21 bits per heavy atom. The van der Waals surface area contributed by atoms with E-state index in [0.717, 1.165) is 31.6 Å². The van der Waals surface area contributed by atoms with Crippen LogP contribution in [0.3, 0.4) is 0 Å². The smallest absolute Gasteiger partial charge is 0.275 e. The van der Waals surface area contributed by atoms with Gasteiger partial charge in [0.2, 0.25) is 5.88 Å². The number of carbonyl (C=O) groups is 2. The van der Waals surface area contributed by atoms with E-state index in [2.05, 4.69) is 15.2 Å². The van der Waals surface area contributed by atoms with Gasteiger partial charge in [-0.15, -0.1) is 0 Å². The van der Waals surface area contributed by atoms with Gasteiger partial charge >= 0.3 is 0 Å². The first kappa shape index (κ1) is 19.9. The van der Waals surface area contributed by atoms with Gasteiger partial charge in [0.25, 0.3) is 11.8 Å². The van der Waals surface area contributed by atoms with Crippen molar-refractivity contribution < 1.29 is 14.3 Å². The van der Waals surface area contributed by atoms with E-state index in [1.807, 2.05) is 6.92 Å². The van der Waals surface area contributed by atoms with Gasteiger partial charge in [-0.2, -0.15) is 0 Å². The molecule has 28 heavy (non-hydrogen) atoms. The minimum absolute atomic E-state index is 0.0751. The van der Waals surface area contributed by atoms with Crippen molar-refractivity contribution in [2.24, 2.45) is 5.73 Å². The predicted octanol–water partition coefficient (Wildman–Crippen LogP) is 3.48. The Hall–Kier alpha value is -2.80. The van der Waals surface area contributed by atoms with Gasteiger partial charge in [0.1, 0.15) is 0 Å². The van der Waals surface area contributed by atoms with Crippen LogP contribution in [0.25, 0.3) is 0 Å². The highest BCUT2D eigenvalue weighted by Gasteiger charge is 2.19. The second kappa shape index (κ2) is 8.93. The maximum absolute atomic E-state index is 12.7. The summed E-state index contributed by atoms with van der Waals surface area (Å²) in [6.07, 6.45) is 3.27. The Morgan fingerprint density at radius 2 is 1.96 bits per heavy atom. The average molecular weight is 403 g/mol. The third-order valence-corrected chi connectivity index (χ3v) is 4.85. The summed E-state index contributed by atoms with van der Waals surface area (Å²) in [4.78, 5) is 30.8. The van der Waals surface area contributed by atoms with Gasteiger partial charge in [-0.05, 0) is 50.5 Å². The normalized spacial score (nSPS) is 13.9. The van der Waals surface area contributed by atoms with Crippen molar-refractivity contribution in [3.63, 3.8) is 0 Å². The minimum atomic E-state index is -0.493. The molecule has 1 aliphatic heterocycles. The Labute approximate surface area is 168 Å². The second-order valence-corrected chi connectivity index (χ2v) is 6.92. The SMILES string of the molecule is CCOc1ccc(Cl)c(C(=O)Nc2ccc(C(N)=O)c(N3CCCCC3)c2)n1. The molecule has 2 aromatic rings. The van der Waals surface area contributed by atoms with Gasteiger partial charge in [0, 0.05) is 24.8 Å². The Kier molecular flexibility index (Phi) is 6.36. The molecule has 0 aliphatic carbocycles. The van der Waals surface area contributed by atoms with Gasteiger partial charge in [0.15, 0.2) is 5.69 Å². The van der Waals surface area contributed by atoms with Crippen LogP contribution in [-0.4, -0.2) is 36.5 Å². The number of piperidine rings is 1. The lowest BCUT2D eigenvalue weighted by Crippen LogP contribution is -2.31. The molecular weight excluding hydrogens is 380 g/mol. The molecule has 148 valence electrons. The van der Waals surface area contributed by atoms with Gasteiger partial charge in [0.05, 0.1) is 22.9 Å². The number of benzene rings is 1. The molecule has 8 heteroatoms. The van der Waals surface area contributed by atoms with Crippen molar-refractivity contribution in [3.8, 4) is 5.88 Å². The molecule has 1 aliphatic rings. The molecule has 0 unspecified atom stereocenters. The summed E-state index contributed by atoms with van der Waals surface area (Å²) in [6, 6.07) is 8.23. The molecule has 3 rings (SSSR count). The number of nitrogens with one attached hydrogen (secondary N) is 1.